The van der Waals surface area contributed by atoms with E-state index in [9.17, 15) is 10.1 Å². The fourth-order valence-corrected chi connectivity index (χ4v) is 5.39. The van der Waals surface area contributed by atoms with E-state index in [2.05, 4.69) is 25.8 Å². The van der Waals surface area contributed by atoms with Gasteiger partial charge in [0.2, 0.25) is 0 Å². The van der Waals surface area contributed by atoms with Crippen molar-refractivity contribution < 1.29 is 4.79 Å². The molecule has 174 valence electrons. The maximum atomic E-state index is 13.5. The summed E-state index contributed by atoms with van der Waals surface area (Å²) in [4.78, 5) is 33.4. The number of aliphatic imine (C=N–C) groups is 1. The predicted molar refractivity (Wildman–Crippen MR) is 131 cm³/mol. The molecule has 2 aromatic heterocycles. The van der Waals surface area contributed by atoms with Crippen molar-refractivity contribution in [3.63, 3.8) is 0 Å². The van der Waals surface area contributed by atoms with E-state index in [0.29, 0.717) is 30.0 Å². The molecule has 2 N–H and O–H groups in total. The minimum Gasteiger partial charge on any atom is -0.405 e. The van der Waals surface area contributed by atoms with Crippen molar-refractivity contribution in [2.45, 2.75) is 37.8 Å². The van der Waals surface area contributed by atoms with Crippen LogP contribution >= 0.6 is 0 Å². The van der Waals surface area contributed by atoms with Gasteiger partial charge in [0.05, 0.1) is 16.8 Å². The standard InChI is InChI=1S/C25H28N8O/c26-9-4-11-29-23-21(5-3-10-28-23)25(34)32-16-19-6-7-20(17-32)33(19)24-22(31-13-1-2-14-31)18(15-27)8-12-30-24/h3-5,8-12,19-20H,1-2,6-7,13-14,16-17,26H2. The Balaban J connectivity index is 1.41. The van der Waals surface area contributed by atoms with Crippen LogP contribution < -0.4 is 15.5 Å². The van der Waals surface area contributed by atoms with Gasteiger partial charge in [-0.05, 0) is 56.2 Å². The zero-order valence-electron chi connectivity index (χ0n) is 19.0. The number of carbonyl (C=O) groups excluding carboxylic acids is 1. The predicted octanol–water partition coefficient (Wildman–Crippen LogP) is 2.62. The highest BCUT2D eigenvalue weighted by atomic mass is 16.2. The second-order valence-corrected chi connectivity index (χ2v) is 8.88. The molecule has 2 bridgehead atoms. The normalized spacial score (nSPS) is 22.1. The number of nitriles is 1. The molecule has 3 fully saturated rings. The molecule has 2 unspecified atom stereocenters. The molecule has 3 aliphatic heterocycles. The lowest BCUT2D eigenvalue weighted by Crippen LogP contribution is -2.56. The number of hydrogen-bond acceptors (Lipinski definition) is 8. The summed E-state index contributed by atoms with van der Waals surface area (Å²) in [5.74, 6) is 1.22. The molecule has 0 radical (unpaired) electrons. The summed E-state index contributed by atoms with van der Waals surface area (Å²) in [6.45, 7) is 3.11. The molecule has 1 amide bonds. The second-order valence-electron chi connectivity index (χ2n) is 8.88. The van der Waals surface area contributed by atoms with Gasteiger partial charge in [0, 0.05) is 56.9 Å². The summed E-state index contributed by atoms with van der Waals surface area (Å²) in [6.07, 6.45) is 12.1. The third kappa shape index (κ3) is 3.96. The van der Waals surface area contributed by atoms with E-state index in [1.165, 1.54) is 12.4 Å². The van der Waals surface area contributed by atoms with Crippen LogP contribution in [0.2, 0.25) is 0 Å². The Labute approximate surface area is 199 Å². The maximum Gasteiger partial charge on any atom is 0.257 e. The van der Waals surface area contributed by atoms with Crippen LogP contribution in [0.3, 0.4) is 0 Å². The molecule has 0 spiro atoms. The number of likely N-dealkylation sites (tertiary alicyclic amines) is 1. The van der Waals surface area contributed by atoms with Gasteiger partial charge >= 0.3 is 0 Å². The molecule has 0 aromatic carbocycles. The fourth-order valence-electron chi connectivity index (χ4n) is 5.39. The van der Waals surface area contributed by atoms with Gasteiger partial charge in [-0.15, -0.1) is 0 Å². The summed E-state index contributed by atoms with van der Waals surface area (Å²) in [5.41, 5.74) is 7.49. The molecule has 5 rings (SSSR count). The molecular weight excluding hydrogens is 428 g/mol. The number of carbonyl (C=O) groups is 1. The summed E-state index contributed by atoms with van der Waals surface area (Å²) in [6, 6.07) is 8.03. The van der Waals surface area contributed by atoms with Crippen LogP contribution in [-0.2, 0) is 0 Å². The van der Waals surface area contributed by atoms with Crippen LogP contribution in [0.5, 0.6) is 0 Å². The van der Waals surface area contributed by atoms with Gasteiger partial charge in [-0.1, -0.05) is 0 Å². The molecule has 34 heavy (non-hydrogen) atoms. The lowest BCUT2D eigenvalue weighted by Gasteiger charge is -2.43. The average Bonchev–Trinajstić information content (AvgIpc) is 3.49. The van der Waals surface area contributed by atoms with E-state index < -0.39 is 0 Å². The summed E-state index contributed by atoms with van der Waals surface area (Å²) < 4.78 is 0. The smallest absolute Gasteiger partial charge is 0.257 e. The number of anilines is 2. The minimum atomic E-state index is -0.0629. The number of piperazine rings is 1. The third-order valence-electron chi connectivity index (χ3n) is 6.87. The highest BCUT2D eigenvalue weighted by molar-refractivity contribution is 5.99. The Morgan fingerprint density at radius 1 is 1.15 bits per heavy atom. The first-order valence-electron chi connectivity index (χ1n) is 11.8. The Morgan fingerprint density at radius 3 is 2.62 bits per heavy atom. The summed E-state index contributed by atoms with van der Waals surface area (Å²) in [5, 5.41) is 9.79. The molecule has 5 heterocycles. The Bertz CT molecular complexity index is 1150. The number of nitrogens with zero attached hydrogens (tertiary/aromatic N) is 7. The van der Waals surface area contributed by atoms with Crippen LogP contribution in [0.1, 0.15) is 41.6 Å². The number of nitrogens with two attached hydrogens (primary N) is 1. The van der Waals surface area contributed by atoms with E-state index in [-0.39, 0.29) is 18.0 Å². The molecule has 0 aliphatic carbocycles. The van der Waals surface area contributed by atoms with Gasteiger partial charge in [-0.25, -0.2) is 15.0 Å². The van der Waals surface area contributed by atoms with E-state index >= 15 is 0 Å². The zero-order chi connectivity index (χ0) is 23.5. The molecule has 3 saturated heterocycles. The highest BCUT2D eigenvalue weighted by Crippen LogP contribution is 2.41. The van der Waals surface area contributed by atoms with Gasteiger partial charge in [-0.3, -0.25) is 4.79 Å². The number of amides is 1. The van der Waals surface area contributed by atoms with Crippen LogP contribution in [0, 0.1) is 11.3 Å². The van der Waals surface area contributed by atoms with Crippen LogP contribution in [0.15, 0.2) is 47.9 Å². The van der Waals surface area contributed by atoms with Gasteiger partial charge in [-0.2, -0.15) is 5.26 Å². The van der Waals surface area contributed by atoms with Crippen molar-refractivity contribution in [2.24, 2.45) is 10.7 Å². The first kappa shape index (κ1) is 21.9. The number of pyridine rings is 2. The zero-order valence-corrected chi connectivity index (χ0v) is 19.0. The van der Waals surface area contributed by atoms with Crippen LogP contribution in [0.25, 0.3) is 0 Å². The lowest BCUT2D eigenvalue weighted by atomic mass is 10.1. The summed E-state index contributed by atoms with van der Waals surface area (Å²) >= 11 is 0. The average molecular weight is 457 g/mol. The van der Waals surface area contributed by atoms with E-state index in [4.69, 9.17) is 10.7 Å². The van der Waals surface area contributed by atoms with Crippen molar-refractivity contribution in [3.05, 3.63) is 54.0 Å². The van der Waals surface area contributed by atoms with Crippen molar-refractivity contribution in [2.75, 3.05) is 36.0 Å². The minimum absolute atomic E-state index is 0.0629. The van der Waals surface area contributed by atoms with Crippen molar-refractivity contribution in [1.29, 1.82) is 5.26 Å². The van der Waals surface area contributed by atoms with Crippen LogP contribution in [0.4, 0.5) is 17.3 Å². The first-order chi connectivity index (χ1) is 16.7. The largest absolute Gasteiger partial charge is 0.405 e. The summed E-state index contributed by atoms with van der Waals surface area (Å²) in [7, 11) is 0. The van der Waals surface area contributed by atoms with Crippen LogP contribution in [-0.4, -0.2) is 65.3 Å². The molecule has 9 heteroatoms. The number of rotatable bonds is 5. The number of fused-ring (bicyclic) bond motifs is 2. The topological polar surface area (TPSA) is 115 Å². The van der Waals surface area contributed by atoms with Crippen molar-refractivity contribution in [3.8, 4) is 6.07 Å². The lowest BCUT2D eigenvalue weighted by molar-refractivity contribution is 0.0718. The first-order valence-corrected chi connectivity index (χ1v) is 11.8. The maximum absolute atomic E-state index is 13.5. The van der Waals surface area contributed by atoms with Gasteiger partial charge in [0.25, 0.3) is 5.91 Å². The second kappa shape index (κ2) is 9.51. The Kier molecular flexibility index (Phi) is 6.12. The molecular formula is C25H28N8O. The highest BCUT2D eigenvalue weighted by Gasteiger charge is 2.44. The molecule has 9 nitrogen and oxygen atoms in total. The molecule has 2 atom stereocenters. The Morgan fingerprint density at radius 2 is 1.91 bits per heavy atom. The SMILES string of the molecule is N#Cc1ccnc(N2C3CCC2CN(C(=O)c2cccnc2N=CC=CN)C3)c1N1CCCC1. The molecule has 3 aliphatic rings. The number of hydrogen-bond donors (Lipinski definition) is 1. The van der Waals surface area contributed by atoms with Crippen molar-refractivity contribution in [1.82, 2.24) is 14.9 Å². The number of aromatic nitrogens is 2. The fraction of sp³-hybridized carbons (Fsp3) is 0.400. The van der Waals surface area contributed by atoms with Gasteiger partial charge < -0.3 is 20.4 Å². The van der Waals surface area contributed by atoms with Gasteiger partial charge in [0.15, 0.2) is 11.6 Å². The molecule has 2 aromatic rings. The van der Waals surface area contributed by atoms with Gasteiger partial charge in [0.1, 0.15) is 6.07 Å². The van der Waals surface area contributed by atoms with Crippen molar-refractivity contribution >= 4 is 29.4 Å². The monoisotopic (exact) mass is 456 g/mol. The third-order valence-corrected chi connectivity index (χ3v) is 6.87. The van der Waals surface area contributed by atoms with E-state index in [0.717, 1.165) is 50.3 Å². The quantitative estimate of drug-likeness (QED) is 0.688. The van der Waals surface area contributed by atoms with E-state index in [1.54, 1.807) is 30.6 Å². The number of allylic oxidation sites excluding steroid dienone is 1. The van der Waals surface area contributed by atoms with E-state index in [1.807, 2.05) is 11.0 Å². The molecule has 0 saturated carbocycles. The Hall–Kier alpha value is -3.93.